The van der Waals surface area contributed by atoms with Gasteiger partial charge in [-0.3, -0.25) is 14.4 Å². The van der Waals surface area contributed by atoms with Crippen LogP contribution in [0.2, 0.25) is 0 Å². The zero-order chi connectivity index (χ0) is 28.5. The van der Waals surface area contributed by atoms with E-state index in [0.29, 0.717) is 5.69 Å². The molecule has 13 heteroatoms. The molecule has 13 nitrogen and oxygen atoms in total. The van der Waals surface area contributed by atoms with Crippen LogP contribution in [0, 0.1) is 5.92 Å². The second kappa shape index (κ2) is 13.5. The molecule has 9 N–H and O–H groups in total. The summed E-state index contributed by atoms with van der Waals surface area (Å²) in [5.41, 5.74) is 8.37. The molecule has 0 aliphatic carbocycles. The van der Waals surface area contributed by atoms with E-state index in [4.69, 9.17) is 5.73 Å². The Morgan fingerprint density at radius 1 is 0.949 bits per heavy atom. The number of amides is 3. The molecule has 0 saturated heterocycles. The van der Waals surface area contributed by atoms with Gasteiger partial charge in [-0.1, -0.05) is 32.0 Å². The predicted octanol–water partition coefficient (Wildman–Crippen LogP) is -0.419. The molecule has 39 heavy (non-hydrogen) atoms. The first kappa shape index (κ1) is 29.3. The molecule has 0 radical (unpaired) electrons. The monoisotopic (exact) mass is 541 g/mol. The molecule has 2 aromatic heterocycles. The second-order valence-corrected chi connectivity index (χ2v) is 9.78. The molecule has 0 saturated carbocycles. The number of aliphatic hydroxyl groups is 1. The number of imidazole rings is 1. The van der Waals surface area contributed by atoms with E-state index in [1.165, 1.54) is 6.33 Å². The number of aliphatic carboxylic acids is 1. The first-order valence-electron chi connectivity index (χ1n) is 12.6. The van der Waals surface area contributed by atoms with Crippen molar-refractivity contribution in [1.29, 1.82) is 0 Å². The fourth-order valence-electron chi connectivity index (χ4n) is 4.17. The van der Waals surface area contributed by atoms with Crippen molar-refractivity contribution < 1.29 is 29.4 Å². The Hall–Kier alpha value is -4.23. The number of carboxylic acid groups (broad SMARTS) is 1. The van der Waals surface area contributed by atoms with Gasteiger partial charge in [-0.15, -0.1) is 0 Å². The molecule has 0 aliphatic rings. The Balaban J connectivity index is 1.82. The molecular weight excluding hydrogens is 506 g/mol. The number of fused-ring (bicyclic) bond motifs is 1. The van der Waals surface area contributed by atoms with Gasteiger partial charge < -0.3 is 41.9 Å². The third-order valence-corrected chi connectivity index (χ3v) is 6.20. The summed E-state index contributed by atoms with van der Waals surface area (Å²) < 4.78 is 0. The minimum Gasteiger partial charge on any atom is -0.480 e. The number of rotatable bonds is 14. The van der Waals surface area contributed by atoms with Crippen molar-refractivity contribution in [2.24, 2.45) is 11.7 Å². The molecule has 3 aromatic rings. The van der Waals surface area contributed by atoms with Crippen molar-refractivity contribution in [2.45, 2.75) is 57.3 Å². The van der Waals surface area contributed by atoms with Crippen LogP contribution in [-0.2, 0) is 32.0 Å². The van der Waals surface area contributed by atoms with Gasteiger partial charge in [0.2, 0.25) is 17.7 Å². The number of carbonyl (C=O) groups excluding carboxylic acids is 3. The molecular formula is C26H35N7O6. The van der Waals surface area contributed by atoms with Crippen molar-refractivity contribution in [3.05, 3.63) is 54.2 Å². The highest BCUT2D eigenvalue weighted by molar-refractivity contribution is 5.95. The van der Waals surface area contributed by atoms with Crippen LogP contribution in [0.4, 0.5) is 0 Å². The lowest BCUT2D eigenvalue weighted by molar-refractivity contribution is -0.143. The van der Waals surface area contributed by atoms with Crippen molar-refractivity contribution >= 4 is 34.6 Å². The van der Waals surface area contributed by atoms with Gasteiger partial charge in [-0.05, 0) is 24.0 Å². The third kappa shape index (κ3) is 8.12. The van der Waals surface area contributed by atoms with E-state index >= 15 is 0 Å². The summed E-state index contributed by atoms with van der Waals surface area (Å²) in [6.45, 7) is 2.87. The molecule has 1 aromatic carbocycles. The van der Waals surface area contributed by atoms with E-state index in [9.17, 15) is 29.4 Å². The van der Waals surface area contributed by atoms with Gasteiger partial charge in [0.15, 0.2) is 0 Å². The maximum Gasteiger partial charge on any atom is 0.328 e. The van der Waals surface area contributed by atoms with Gasteiger partial charge in [-0.25, -0.2) is 9.78 Å². The zero-order valence-electron chi connectivity index (χ0n) is 21.8. The molecule has 210 valence electrons. The summed E-state index contributed by atoms with van der Waals surface area (Å²) in [6, 6.07) is 2.80. The maximum atomic E-state index is 13.5. The van der Waals surface area contributed by atoms with E-state index in [1.54, 1.807) is 12.4 Å². The maximum absolute atomic E-state index is 13.5. The smallest absolute Gasteiger partial charge is 0.328 e. The minimum absolute atomic E-state index is 0.0389. The summed E-state index contributed by atoms with van der Waals surface area (Å²) in [4.78, 5) is 60.6. The van der Waals surface area contributed by atoms with Crippen molar-refractivity contribution in [3.63, 3.8) is 0 Å². The molecule has 4 atom stereocenters. The average molecular weight is 542 g/mol. The average Bonchev–Trinajstić information content (AvgIpc) is 3.55. The summed E-state index contributed by atoms with van der Waals surface area (Å²) in [5.74, 6) is -3.41. The standard InChI is InChI=1S/C26H35N7O6/c1-14(2)7-20(24(36)33-22(12-34)26(38)39)32-25(37)21(8-15-10-29-19-6-4-3-5-17(15)19)31-23(35)18(27)9-16-11-28-13-30-16/h3-6,10-11,13-14,18,20-22,29,34H,7-9,12,27H2,1-2H3,(H,28,30)(H,31,35)(H,32,37)(H,33,36)(H,38,39). The number of para-hydroxylation sites is 1. The van der Waals surface area contributed by atoms with E-state index in [0.717, 1.165) is 16.5 Å². The summed E-state index contributed by atoms with van der Waals surface area (Å²) in [6.07, 6.45) is 5.24. The normalized spacial score (nSPS) is 14.4. The highest BCUT2D eigenvalue weighted by Gasteiger charge is 2.31. The molecule has 0 aliphatic heterocycles. The van der Waals surface area contributed by atoms with Crippen LogP contribution in [0.3, 0.4) is 0 Å². The molecule has 0 spiro atoms. The van der Waals surface area contributed by atoms with Gasteiger partial charge >= 0.3 is 5.97 Å². The number of aliphatic hydroxyl groups excluding tert-OH is 1. The number of carboxylic acids is 1. The largest absolute Gasteiger partial charge is 0.480 e. The lowest BCUT2D eigenvalue weighted by Gasteiger charge is -2.26. The van der Waals surface area contributed by atoms with Crippen LogP contribution in [0.5, 0.6) is 0 Å². The van der Waals surface area contributed by atoms with Gasteiger partial charge in [0.25, 0.3) is 0 Å². The Labute approximate surface area is 225 Å². The molecule has 0 bridgehead atoms. The van der Waals surface area contributed by atoms with Crippen LogP contribution >= 0.6 is 0 Å². The van der Waals surface area contributed by atoms with Crippen LogP contribution < -0.4 is 21.7 Å². The first-order chi connectivity index (χ1) is 18.6. The summed E-state index contributed by atoms with van der Waals surface area (Å²) >= 11 is 0. The highest BCUT2D eigenvalue weighted by Crippen LogP contribution is 2.19. The summed E-state index contributed by atoms with van der Waals surface area (Å²) in [5, 5.41) is 27.0. The SMILES string of the molecule is CC(C)CC(NC(=O)C(Cc1c[nH]c2ccccc12)NC(=O)C(N)Cc1cnc[nH]1)C(=O)NC(CO)C(=O)O. The minimum atomic E-state index is -1.52. The van der Waals surface area contributed by atoms with Crippen LogP contribution in [0.15, 0.2) is 43.0 Å². The van der Waals surface area contributed by atoms with Crippen LogP contribution in [0.25, 0.3) is 10.9 Å². The molecule has 3 amide bonds. The fourth-order valence-corrected chi connectivity index (χ4v) is 4.17. The number of hydrogen-bond donors (Lipinski definition) is 8. The highest BCUT2D eigenvalue weighted by atomic mass is 16.4. The Morgan fingerprint density at radius 2 is 1.62 bits per heavy atom. The molecule has 3 rings (SSSR count). The second-order valence-electron chi connectivity index (χ2n) is 9.78. The van der Waals surface area contributed by atoms with Crippen molar-refractivity contribution in [3.8, 4) is 0 Å². The van der Waals surface area contributed by atoms with Crippen molar-refractivity contribution in [1.82, 2.24) is 30.9 Å². The quantitative estimate of drug-likeness (QED) is 0.134. The third-order valence-electron chi connectivity index (χ3n) is 6.20. The number of benzene rings is 1. The van der Waals surface area contributed by atoms with Crippen molar-refractivity contribution in [2.75, 3.05) is 6.61 Å². The number of aromatic nitrogens is 3. The number of H-pyrrole nitrogens is 2. The number of hydrogen-bond acceptors (Lipinski definition) is 7. The van der Waals surface area contributed by atoms with Gasteiger partial charge in [0.1, 0.15) is 18.1 Å². The number of nitrogens with one attached hydrogen (secondary N) is 5. The Bertz CT molecular complexity index is 1270. The molecule has 0 fully saturated rings. The van der Waals surface area contributed by atoms with Crippen LogP contribution in [-0.4, -0.2) is 79.6 Å². The lowest BCUT2D eigenvalue weighted by Crippen LogP contribution is -2.58. The van der Waals surface area contributed by atoms with Gasteiger partial charge in [0, 0.05) is 41.8 Å². The predicted molar refractivity (Wildman–Crippen MR) is 142 cm³/mol. The fraction of sp³-hybridized carbons (Fsp3) is 0.423. The lowest BCUT2D eigenvalue weighted by atomic mass is 10.00. The number of nitrogens with zero attached hydrogens (tertiary/aromatic N) is 1. The Morgan fingerprint density at radius 3 is 2.26 bits per heavy atom. The first-order valence-corrected chi connectivity index (χ1v) is 12.6. The van der Waals surface area contributed by atoms with E-state index in [2.05, 4.69) is 30.9 Å². The zero-order valence-corrected chi connectivity index (χ0v) is 21.8. The number of nitrogens with two attached hydrogens (primary N) is 1. The van der Waals surface area contributed by atoms with Crippen LogP contribution in [0.1, 0.15) is 31.5 Å². The Kier molecular flexibility index (Phi) is 10.2. The van der Waals surface area contributed by atoms with Gasteiger partial charge in [0.05, 0.1) is 19.0 Å². The number of carbonyl (C=O) groups is 4. The molecule has 2 heterocycles. The van der Waals surface area contributed by atoms with Gasteiger partial charge in [-0.2, -0.15) is 0 Å². The van der Waals surface area contributed by atoms with E-state index in [-0.39, 0.29) is 25.2 Å². The topological polar surface area (TPSA) is 215 Å². The summed E-state index contributed by atoms with van der Waals surface area (Å²) in [7, 11) is 0. The van der Waals surface area contributed by atoms with E-state index < -0.39 is 54.5 Å². The number of aromatic amines is 2. The van der Waals surface area contributed by atoms with E-state index in [1.807, 2.05) is 38.1 Å². The molecule has 4 unspecified atom stereocenters.